The lowest BCUT2D eigenvalue weighted by Gasteiger charge is -2.18. The number of amides is 1. The highest BCUT2D eigenvalue weighted by molar-refractivity contribution is 7.10. The molecule has 2 aromatic carbocycles. The highest BCUT2D eigenvalue weighted by Crippen LogP contribution is 2.26. The molecule has 5 heteroatoms. The molecule has 1 N–H and O–H groups in total. The second-order valence-corrected chi connectivity index (χ2v) is 7.20. The van der Waals surface area contributed by atoms with Gasteiger partial charge in [0.1, 0.15) is 0 Å². The zero-order chi connectivity index (χ0) is 18.5. The van der Waals surface area contributed by atoms with Gasteiger partial charge in [-0.05, 0) is 40.8 Å². The summed E-state index contributed by atoms with van der Waals surface area (Å²) < 4.78 is 1.80. The molecule has 0 aliphatic carbocycles. The molecule has 0 saturated heterocycles. The van der Waals surface area contributed by atoms with Crippen LogP contribution in [0, 0.1) is 0 Å². The third-order valence-corrected chi connectivity index (χ3v) is 5.27. The Balaban J connectivity index is 1.47. The Hall–Kier alpha value is -3.18. The molecule has 0 bridgehead atoms. The van der Waals surface area contributed by atoms with Crippen molar-refractivity contribution in [2.45, 2.75) is 12.5 Å². The third-order valence-electron chi connectivity index (χ3n) is 4.34. The Morgan fingerprint density at radius 2 is 1.81 bits per heavy atom. The van der Waals surface area contributed by atoms with Crippen LogP contribution in [0.3, 0.4) is 0 Å². The minimum atomic E-state index is -0.123. The van der Waals surface area contributed by atoms with Crippen LogP contribution in [0.15, 0.2) is 90.6 Å². The van der Waals surface area contributed by atoms with Gasteiger partial charge in [-0.1, -0.05) is 48.5 Å². The van der Waals surface area contributed by atoms with E-state index in [0.29, 0.717) is 6.42 Å². The molecule has 1 unspecified atom stereocenters. The van der Waals surface area contributed by atoms with Crippen LogP contribution in [-0.4, -0.2) is 15.7 Å². The van der Waals surface area contributed by atoms with Gasteiger partial charge in [0.15, 0.2) is 0 Å². The maximum Gasteiger partial charge on any atom is 0.225 e. The van der Waals surface area contributed by atoms with Gasteiger partial charge in [-0.15, -0.1) is 11.3 Å². The number of carbonyl (C=O) groups is 1. The Morgan fingerprint density at radius 3 is 2.48 bits per heavy atom. The van der Waals surface area contributed by atoms with Crippen LogP contribution in [0.2, 0.25) is 0 Å². The molecule has 4 aromatic rings. The van der Waals surface area contributed by atoms with Crippen LogP contribution in [0.4, 0.5) is 0 Å². The number of benzene rings is 2. The number of hydrogen-bond donors (Lipinski definition) is 1. The minimum Gasteiger partial charge on any atom is -0.344 e. The molecule has 4 nitrogen and oxygen atoms in total. The summed E-state index contributed by atoms with van der Waals surface area (Å²) in [5.41, 5.74) is 3.04. The first-order chi connectivity index (χ1) is 13.3. The first-order valence-corrected chi connectivity index (χ1v) is 9.64. The maximum absolute atomic E-state index is 12.7. The van der Waals surface area contributed by atoms with Crippen molar-refractivity contribution in [1.82, 2.24) is 15.1 Å². The summed E-state index contributed by atoms with van der Waals surface area (Å²) in [5, 5.41) is 9.43. The van der Waals surface area contributed by atoms with E-state index in [1.165, 1.54) is 0 Å². The fourth-order valence-electron chi connectivity index (χ4n) is 3.01. The average Bonchev–Trinajstić information content (AvgIpc) is 3.41. The number of hydrogen-bond acceptors (Lipinski definition) is 3. The standard InChI is InChI=1S/C22H19N3OS/c26-21(16-17-9-11-19(12-10-17)25-14-5-13-23-25)24-22(20-8-4-15-27-20)18-6-2-1-3-7-18/h1-15,22H,16H2,(H,24,26). The van der Waals surface area contributed by atoms with Gasteiger partial charge in [0.05, 0.1) is 18.2 Å². The van der Waals surface area contributed by atoms with Gasteiger partial charge in [-0.3, -0.25) is 4.79 Å². The maximum atomic E-state index is 12.7. The molecular formula is C22H19N3OS. The van der Waals surface area contributed by atoms with Crippen LogP contribution in [-0.2, 0) is 11.2 Å². The van der Waals surface area contributed by atoms with Crippen LogP contribution >= 0.6 is 11.3 Å². The van der Waals surface area contributed by atoms with E-state index < -0.39 is 0 Å². The van der Waals surface area contributed by atoms with Crippen LogP contribution in [0.1, 0.15) is 22.0 Å². The largest absolute Gasteiger partial charge is 0.344 e. The summed E-state index contributed by atoms with van der Waals surface area (Å²) in [7, 11) is 0. The zero-order valence-corrected chi connectivity index (χ0v) is 15.5. The number of carbonyl (C=O) groups excluding carboxylic acids is 1. The summed E-state index contributed by atoms with van der Waals surface area (Å²) in [5.74, 6) is 0.00379. The molecule has 0 saturated carbocycles. The van der Waals surface area contributed by atoms with Crippen LogP contribution < -0.4 is 5.32 Å². The molecule has 0 aliphatic heterocycles. The van der Waals surface area contributed by atoms with Crippen molar-refractivity contribution in [3.8, 4) is 5.69 Å². The monoisotopic (exact) mass is 373 g/mol. The van der Waals surface area contributed by atoms with E-state index in [4.69, 9.17) is 0 Å². The lowest BCUT2D eigenvalue weighted by atomic mass is 10.0. The minimum absolute atomic E-state index is 0.00379. The fraction of sp³-hybridized carbons (Fsp3) is 0.0909. The Labute approximate surface area is 162 Å². The van der Waals surface area contributed by atoms with Gasteiger partial charge in [0, 0.05) is 17.3 Å². The second-order valence-electron chi connectivity index (χ2n) is 6.22. The molecule has 0 spiro atoms. The van der Waals surface area contributed by atoms with Crippen molar-refractivity contribution < 1.29 is 4.79 Å². The van der Waals surface area contributed by atoms with Gasteiger partial charge in [-0.2, -0.15) is 5.10 Å². The molecule has 2 aromatic heterocycles. The zero-order valence-electron chi connectivity index (χ0n) is 14.7. The highest BCUT2D eigenvalue weighted by atomic mass is 32.1. The third kappa shape index (κ3) is 4.15. The van der Waals surface area contributed by atoms with Gasteiger partial charge in [0.2, 0.25) is 5.91 Å². The number of nitrogens with zero attached hydrogens (tertiary/aromatic N) is 2. The first-order valence-electron chi connectivity index (χ1n) is 8.76. The van der Waals surface area contributed by atoms with Crippen molar-refractivity contribution >= 4 is 17.2 Å². The van der Waals surface area contributed by atoms with E-state index in [-0.39, 0.29) is 11.9 Å². The van der Waals surface area contributed by atoms with E-state index in [0.717, 1.165) is 21.7 Å². The molecular weight excluding hydrogens is 354 g/mol. The lowest BCUT2D eigenvalue weighted by molar-refractivity contribution is -0.120. The SMILES string of the molecule is O=C(Cc1ccc(-n2cccn2)cc1)NC(c1ccccc1)c1cccs1. The van der Waals surface area contributed by atoms with Gasteiger partial charge in [-0.25, -0.2) is 4.68 Å². The molecule has 1 amide bonds. The topological polar surface area (TPSA) is 46.9 Å². The number of thiophene rings is 1. The summed E-state index contributed by atoms with van der Waals surface area (Å²) in [6, 6.07) is 23.8. The summed E-state index contributed by atoms with van der Waals surface area (Å²) in [6.45, 7) is 0. The highest BCUT2D eigenvalue weighted by Gasteiger charge is 2.17. The summed E-state index contributed by atoms with van der Waals surface area (Å²) in [6.07, 6.45) is 3.98. The Bertz CT molecular complexity index is 978. The Kier molecular flexibility index (Phi) is 5.12. The molecule has 0 aliphatic rings. The second kappa shape index (κ2) is 8.01. The van der Waals surface area contributed by atoms with Crippen molar-refractivity contribution in [3.05, 3.63) is 107 Å². The normalized spacial score (nSPS) is 11.9. The van der Waals surface area contributed by atoms with Gasteiger partial charge in [0.25, 0.3) is 0 Å². The average molecular weight is 373 g/mol. The molecule has 0 radical (unpaired) electrons. The predicted octanol–water partition coefficient (Wildman–Crippen LogP) is 4.38. The van der Waals surface area contributed by atoms with Crippen LogP contribution in [0.5, 0.6) is 0 Å². The van der Waals surface area contributed by atoms with Crippen molar-refractivity contribution in [2.75, 3.05) is 0 Å². The smallest absolute Gasteiger partial charge is 0.225 e. The first kappa shape index (κ1) is 17.2. The Morgan fingerprint density at radius 1 is 1.00 bits per heavy atom. The number of rotatable bonds is 6. The molecule has 1 atom stereocenters. The van der Waals surface area contributed by atoms with Gasteiger partial charge >= 0.3 is 0 Å². The quantitative estimate of drug-likeness (QED) is 0.545. The van der Waals surface area contributed by atoms with Crippen molar-refractivity contribution in [1.29, 1.82) is 0 Å². The summed E-state index contributed by atoms with van der Waals surface area (Å²) in [4.78, 5) is 13.8. The molecule has 4 rings (SSSR count). The lowest BCUT2D eigenvalue weighted by Crippen LogP contribution is -2.30. The number of nitrogens with one attached hydrogen (secondary N) is 1. The molecule has 27 heavy (non-hydrogen) atoms. The predicted molar refractivity (Wildman–Crippen MR) is 108 cm³/mol. The molecule has 134 valence electrons. The van der Waals surface area contributed by atoms with E-state index in [2.05, 4.69) is 16.5 Å². The van der Waals surface area contributed by atoms with Crippen molar-refractivity contribution in [3.63, 3.8) is 0 Å². The number of aromatic nitrogens is 2. The fourth-order valence-corrected chi connectivity index (χ4v) is 3.81. The van der Waals surface area contributed by atoms with E-state index in [1.54, 1.807) is 22.2 Å². The van der Waals surface area contributed by atoms with E-state index >= 15 is 0 Å². The van der Waals surface area contributed by atoms with E-state index in [9.17, 15) is 4.79 Å². The molecule has 0 fully saturated rings. The van der Waals surface area contributed by atoms with Crippen LogP contribution in [0.25, 0.3) is 5.69 Å². The van der Waals surface area contributed by atoms with Gasteiger partial charge < -0.3 is 5.32 Å². The molecule has 2 heterocycles. The summed E-state index contributed by atoms with van der Waals surface area (Å²) >= 11 is 1.65. The van der Waals surface area contributed by atoms with E-state index in [1.807, 2.05) is 78.3 Å². The van der Waals surface area contributed by atoms with Crippen molar-refractivity contribution in [2.24, 2.45) is 0 Å².